The molecule has 0 fully saturated rings. The van der Waals surface area contributed by atoms with Gasteiger partial charge in [-0.25, -0.2) is 9.37 Å². The molecule has 5 heteroatoms. The predicted molar refractivity (Wildman–Crippen MR) is 81.7 cm³/mol. The zero-order valence-electron chi connectivity index (χ0n) is 12.3. The third-order valence-electron chi connectivity index (χ3n) is 3.68. The maximum atomic E-state index is 13.3. The summed E-state index contributed by atoms with van der Waals surface area (Å²) in [4.78, 5) is 8.99. The van der Waals surface area contributed by atoms with E-state index in [9.17, 15) is 4.39 Å². The van der Waals surface area contributed by atoms with Crippen molar-refractivity contribution in [1.29, 1.82) is 0 Å². The number of fused-ring (bicyclic) bond motifs is 1. The van der Waals surface area contributed by atoms with Crippen LogP contribution in [0.3, 0.4) is 0 Å². The van der Waals surface area contributed by atoms with Gasteiger partial charge in [0.1, 0.15) is 5.82 Å². The Labute approximate surface area is 122 Å². The van der Waals surface area contributed by atoms with Crippen LogP contribution in [0.2, 0.25) is 0 Å². The van der Waals surface area contributed by atoms with Crippen LogP contribution < -0.4 is 5.32 Å². The van der Waals surface area contributed by atoms with Crippen LogP contribution >= 0.6 is 0 Å². The highest BCUT2D eigenvalue weighted by Gasteiger charge is 2.08. The summed E-state index contributed by atoms with van der Waals surface area (Å²) in [6, 6.07) is 8.65. The molecule has 0 bridgehead atoms. The van der Waals surface area contributed by atoms with E-state index in [2.05, 4.69) is 21.4 Å². The molecule has 0 radical (unpaired) electrons. The molecule has 0 saturated heterocycles. The van der Waals surface area contributed by atoms with Crippen LogP contribution in [0.5, 0.6) is 0 Å². The molecule has 1 aromatic carbocycles. The lowest BCUT2D eigenvalue weighted by Crippen LogP contribution is -2.07. The SMILES string of the molecule is Cc1ccc(CNc2nc3ccc(F)cc3n2C)nc1C. The Morgan fingerprint density at radius 1 is 1.14 bits per heavy atom. The van der Waals surface area contributed by atoms with E-state index in [1.54, 1.807) is 6.07 Å². The fourth-order valence-corrected chi connectivity index (χ4v) is 2.27. The van der Waals surface area contributed by atoms with E-state index < -0.39 is 0 Å². The summed E-state index contributed by atoms with van der Waals surface area (Å²) in [6.45, 7) is 4.62. The van der Waals surface area contributed by atoms with Crippen LogP contribution in [0.4, 0.5) is 10.3 Å². The number of hydrogen-bond acceptors (Lipinski definition) is 3. The van der Waals surface area contributed by atoms with E-state index in [1.807, 2.05) is 31.5 Å². The Balaban J connectivity index is 1.84. The van der Waals surface area contributed by atoms with Gasteiger partial charge in [-0.05, 0) is 43.7 Å². The molecular formula is C16H17FN4. The first-order valence-corrected chi connectivity index (χ1v) is 6.83. The van der Waals surface area contributed by atoms with Crippen molar-refractivity contribution in [2.24, 2.45) is 7.05 Å². The molecule has 0 aliphatic carbocycles. The van der Waals surface area contributed by atoms with Crippen molar-refractivity contribution in [3.8, 4) is 0 Å². The Morgan fingerprint density at radius 2 is 1.95 bits per heavy atom. The Bertz CT molecular complexity index is 807. The number of rotatable bonds is 3. The van der Waals surface area contributed by atoms with Crippen LogP contribution in [-0.4, -0.2) is 14.5 Å². The highest BCUT2D eigenvalue weighted by atomic mass is 19.1. The van der Waals surface area contributed by atoms with Gasteiger partial charge in [-0.2, -0.15) is 0 Å². The molecule has 0 aliphatic rings. The minimum Gasteiger partial charge on any atom is -0.350 e. The van der Waals surface area contributed by atoms with Crippen LogP contribution in [0.15, 0.2) is 30.3 Å². The first-order chi connectivity index (χ1) is 10.0. The van der Waals surface area contributed by atoms with Gasteiger partial charge in [-0.3, -0.25) is 4.98 Å². The van der Waals surface area contributed by atoms with Gasteiger partial charge < -0.3 is 9.88 Å². The second-order valence-corrected chi connectivity index (χ2v) is 5.19. The van der Waals surface area contributed by atoms with Gasteiger partial charge >= 0.3 is 0 Å². The van der Waals surface area contributed by atoms with E-state index in [0.29, 0.717) is 12.5 Å². The fraction of sp³-hybridized carbons (Fsp3) is 0.250. The third-order valence-corrected chi connectivity index (χ3v) is 3.68. The van der Waals surface area contributed by atoms with Gasteiger partial charge in [-0.1, -0.05) is 6.07 Å². The number of aryl methyl sites for hydroxylation is 3. The zero-order valence-corrected chi connectivity index (χ0v) is 12.3. The van der Waals surface area contributed by atoms with Crippen molar-refractivity contribution in [2.75, 3.05) is 5.32 Å². The molecule has 0 aliphatic heterocycles. The number of hydrogen-bond donors (Lipinski definition) is 1. The maximum Gasteiger partial charge on any atom is 0.203 e. The maximum absolute atomic E-state index is 13.3. The Morgan fingerprint density at radius 3 is 2.71 bits per heavy atom. The van der Waals surface area contributed by atoms with E-state index in [1.165, 1.54) is 17.7 Å². The molecule has 3 aromatic rings. The molecule has 1 N–H and O–H groups in total. The lowest BCUT2D eigenvalue weighted by Gasteiger charge is -2.07. The number of benzene rings is 1. The van der Waals surface area contributed by atoms with Crippen molar-refractivity contribution < 1.29 is 4.39 Å². The number of anilines is 1. The number of halogens is 1. The van der Waals surface area contributed by atoms with Crippen LogP contribution in [-0.2, 0) is 13.6 Å². The smallest absolute Gasteiger partial charge is 0.203 e. The Hall–Kier alpha value is -2.43. The topological polar surface area (TPSA) is 42.7 Å². The van der Waals surface area contributed by atoms with Crippen molar-refractivity contribution in [1.82, 2.24) is 14.5 Å². The molecule has 21 heavy (non-hydrogen) atoms. The van der Waals surface area contributed by atoms with Gasteiger partial charge in [-0.15, -0.1) is 0 Å². The molecular weight excluding hydrogens is 267 g/mol. The van der Waals surface area contributed by atoms with E-state index >= 15 is 0 Å². The van der Waals surface area contributed by atoms with Crippen LogP contribution in [0.25, 0.3) is 11.0 Å². The van der Waals surface area contributed by atoms with E-state index in [-0.39, 0.29) is 5.82 Å². The summed E-state index contributed by atoms with van der Waals surface area (Å²) in [5, 5.41) is 3.25. The molecule has 0 saturated carbocycles. The molecule has 0 spiro atoms. The van der Waals surface area contributed by atoms with Gasteiger partial charge in [0, 0.05) is 12.7 Å². The van der Waals surface area contributed by atoms with Crippen molar-refractivity contribution >= 4 is 17.0 Å². The highest BCUT2D eigenvalue weighted by molar-refractivity contribution is 5.78. The zero-order chi connectivity index (χ0) is 15.0. The average molecular weight is 284 g/mol. The first kappa shape index (κ1) is 13.5. The van der Waals surface area contributed by atoms with Crippen LogP contribution in [0, 0.1) is 19.7 Å². The monoisotopic (exact) mass is 284 g/mol. The predicted octanol–water partition coefficient (Wildman–Crippen LogP) is 3.34. The van der Waals surface area contributed by atoms with Gasteiger partial charge in [0.15, 0.2) is 0 Å². The number of aromatic nitrogens is 3. The molecule has 0 amide bonds. The summed E-state index contributed by atoms with van der Waals surface area (Å²) in [7, 11) is 1.87. The summed E-state index contributed by atoms with van der Waals surface area (Å²) >= 11 is 0. The number of nitrogens with zero attached hydrogens (tertiary/aromatic N) is 3. The quantitative estimate of drug-likeness (QED) is 0.802. The molecule has 108 valence electrons. The number of nitrogens with one attached hydrogen (secondary N) is 1. The van der Waals surface area contributed by atoms with Crippen molar-refractivity contribution in [2.45, 2.75) is 20.4 Å². The summed E-state index contributed by atoms with van der Waals surface area (Å²) in [5.41, 5.74) is 4.70. The van der Waals surface area contributed by atoms with Crippen LogP contribution in [0.1, 0.15) is 17.0 Å². The minimum atomic E-state index is -0.257. The normalized spacial score (nSPS) is 11.0. The lowest BCUT2D eigenvalue weighted by atomic mass is 10.2. The van der Waals surface area contributed by atoms with Crippen molar-refractivity contribution in [3.05, 3.63) is 53.1 Å². The van der Waals surface area contributed by atoms with Gasteiger partial charge in [0.05, 0.1) is 23.3 Å². The Kier molecular flexibility index (Phi) is 3.33. The lowest BCUT2D eigenvalue weighted by molar-refractivity contribution is 0.629. The van der Waals surface area contributed by atoms with Gasteiger partial charge in [0.2, 0.25) is 5.95 Å². The first-order valence-electron chi connectivity index (χ1n) is 6.83. The van der Waals surface area contributed by atoms with Gasteiger partial charge in [0.25, 0.3) is 0 Å². The largest absolute Gasteiger partial charge is 0.350 e. The second-order valence-electron chi connectivity index (χ2n) is 5.19. The number of pyridine rings is 1. The summed E-state index contributed by atoms with van der Waals surface area (Å²) < 4.78 is 15.1. The molecule has 3 rings (SSSR count). The highest BCUT2D eigenvalue weighted by Crippen LogP contribution is 2.19. The minimum absolute atomic E-state index is 0.257. The molecule has 2 heterocycles. The average Bonchev–Trinajstić information content (AvgIpc) is 2.77. The second kappa shape index (κ2) is 5.16. The van der Waals surface area contributed by atoms with E-state index in [0.717, 1.165) is 22.4 Å². The summed E-state index contributed by atoms with van der Waals surface area (Å²) in [6.07, 6.45) is 0. The molecule has 2 aromatic heterocycles. The van der Waals surface area contributed by atoms with Crippen molar-refractivity contribution in [3.63, 3.8) is 0 Å². The number of imidazole rings is 1. The molecule has 0 unspecified atom stereocenters. The molecule has 4 nitrogen and oxygen atoms in total. The standard InChI is InChI=1S/C16H17FN4/c1-10-4-6-13(19-11(10)2)9-18-16-20-14-7-5-12(17)8-15(14)21(16)3/h4-8H,9H2,1-3H3,(H,18,20). The molecule has 0 atom stereocenters. The van der Waals surface area contributed by atoms with E-state index in [4.69, 9.17) is 0 Å². The third kappa shape index (κ3) is 2.59. The summed E-state index contributed by atoms with van der Waals surface area (Å²) in [5.74, 6) is 0.448. The fourth-order valence-electron chi connectivity index (χ4n) is 2.27.